The molecule has 0 bridgehead atoms. The number of hydrogen-bond donors (Lipinski definition) is 1. The fraction of sp³-hybridized carbons (Fsp3) is 0.278. The molecule has 2 aromatic carbocycles. The molecule has 0 heterocycles. The summed E-state index contributed by atoms with van der Waals surface area (Å²) in [6.07, 6.45) is 2.00. The molecule has 4 heteroatoms. The van der Waals surface area contributed by atoms with Crippen molar-refractivity contribution in [2.75, 3.05) is 5.75 Å². The first-order valence-corrected chi connectivity index (χ1v) is 9.19. The fourth-order valence-corrected chi connectivity index (χ4v) is 3.19. The quantitative estimate of drug-likeness (QED) is 0.671. The van der Waals surface area contributed by atoms with E-state index in [4.69, 9.17) is 0 Å². The molecule has 2 nitrogen and oxygen atoms in total. The van der Waals surface area contributed by atoms with Gasteiger partial charge in [-0.05, 0) is 36.2 Å². The molecule has 0 unspecified atom stereocenters. The van der Waals surface area contributed by atoms with Crippen molar-refractivity contribution < 1.29 is 4.79 Å². The zero-order valence-electron chi connectivity index (χ0n) is 12.6. The number of thioether (sulfide) groups is 1. The lowest BCUT2D eigenvalue weighted by Crippen LogP contribution is -2.29. The highest BCUT2D eigenvalue weighted by atomic mass is 79.9. The van der Waals surface area contributed by atoms with Gasteiger partial charge in [-0.3, -0.25) is 4.79 Å². The van der Waals surface area contributed by atoms with Crippen LogP contribution in [0.5, 0.6) is 0 Å². The summed E-state index contributed by atoms with van der Waals surface area (Å²) in [7, 11) is 0. The standard InChI is InChI=1S/C18H20BrNOS/c1-2-6-17(14-7-4-3-5-8-14)20-18(21)13-22-16-11-9-15(19)10-12-16/h3-5,7-12,17H,2,6,13H2,1H3,(H,20,21)/t17-/m0/s1. The maximum atomic E-state index is 12.2. The van der Waals surface area contributed by atoms with Crippen LogP contribution in [0.25, 0.3) is 0 Å². The van der Waals surface area contributed by atoms with E-state index in [0.29, 0.717) is 5.75 Å². The lowest BCUT2D eigenvalue weighted by atomic mass is 10.0. The number of rotatable bonds is 7. The van der Waals surface area contributed by atoms with Crippen LogP contribution in [0.1, 0.15) is 31.4 Å². The molecule has 1 N–H and O–H groups in total. The number of amides is 1. The molecule has 0 radical (unpaired) electrons. The zero-order valence-corrected chi connectivity index (χ0v) is 15.0. The first kappa shape index (κ1) is 17.1. The van der Waals surface area contributed by atoms with Crippen molar-refractivity contribution in [2.24, 2.45) is 0 Å². The van der Waals surface area contributed by atoms with E-state index in [-0.39, 0.29) is 11.9 Å². The Balaban J connectivity index is 1.89. The van der Waals surface area contributed by atoms with Crippen LogP contribution in [-0.4, -0.2) is 11.7 Å². The third-order valence-corrected chi connectivity index (χ3v) is 4.84. The number of nitrogens with one attached hydrogen (secondary N) is 1. The van der Waals surface area contributed by atoms with Crippen LogP contribution in [0.2, 0.25) is 0 Å². The van der Waals surface area contributed by atoms with E-state index in [1.165, 1.54) is 5.56 Å². The van der Waals surface area contributed by atoms with Gasteiger partial charge in [0.25, 0.3) is 0 Å². The van der Waals surface area contributed by atoms with Crippen LogP contribution in [0.4, 0.5) is 0 Å². The minimum Gasteiger partial charge on any atom is -0.349 e. The Morgan fingerprint density at radius 3 is 2.45 bits per heavy atom. The van der Waals surface area contributed by atoms with Crippen LogP contribution in [0.15, 0.2) is 64.0 Å². The predicted octanol–water partition coefficient (Wildman–Crippen LogP) is 5.20. The Hall–Kier alpha value is -1.26. The van der Waals surface area contributed by atoms with Crippen LogP contribution in [0, 0.1) is 0 Å². The van der Waals surface area contributed by atoms with Gasteiger partial charge in [0.2, 0.25) is 5.91 Å². The molecule has 0 aromatic heterocycles. The maximum Gasteiger partial charge on any atom is 0.230 e. The summed E-state index contributed by atoms with van der Waals surface area (Å²) < 4.78 is 1.05. The SMILES string of the molecule is CCC[C@H](NC(=O)CSc1ccc(Br)cc1)c1ccccc1. The van der Waals surface area contributed by atoms with Crippen molar-refractivity contribution in [2.45, 2.75) is 30.7 Å². The monoisotopic (exact) mass is 377 g/mol. The molecule has 0 fully saturated rings. The number of carbonyl (C=O) groups excluding carboxylic acids is 1. The van der Waals surface area contributed by atoms with Crippen LogP contribution in [-0.2, 0) is 4.79 Å². The van der Waals surface area contributed by atoms with Gasteiger partial charge in [-0.2, -0.15) is 0 Å². The summed E-state index contributed by atoms with van der Waals surface area (Å²) in [5.41, 5.74) is 1.17. The average Bonchev–Trinajstić information content (AvgIpc) is 2.55. The molecule has 0 saturated carbocycles. The largest absolute Gasteiger partial charge is 0.349 e. The Morgan fingerprint density at radius 2 is 1.82 bits per heavy atom. The molecule has 0 aliphatic heterocycles. The molecular weight excluding hydrogens is 358 g/mol. The second kappa shape index (κ2) is 9.01. The molecular formula is C18H20BrNOS. The van der Waals surface area contributed by atoms with E-state index in [1.54, 1.807) is 11.8 Å². The van der Waals surface area contributed by atoms with Gasteiger partial charge in [-0.15, -0.1) is 11.8 Å². The number of hydrogen-bond acceptors (Lipinski definition) is 2. The molecule has 2 aromatic rings. The second-order valence-electron chi connectivity index (χ2n) is 5.06. The molecule has 22 heavy (non-hydrogen) atoms. The summed E-state index contributed by atoms with van der Waals surface area (Å²) in [6.45, 7) is 2.14. The van der Waals surface area contributed by atoms with Crippen molar-refractivity contribution in [3.63, 3.8) is 0 Å². The topological polar surface area (TPSA) is 29.1 Å². The van der Waals surface area contributed by atoms with Crippen molar-refractivity contribution in [1.29, 1.82) is 0 Å². The van der Waals surface area contributed by atoms with Crippen molar-refractivity contribution >= 4 is 33.6 Å². The minimum absolute atomic E-state index is 0.0789. The van der Waals surface area contributed by atoms with Crippen LogP contribution < -0.4 is 5.32 Å². The van der Waals surface area contributed by atoms with E-state index in [2.05, 4.69) is 40.3 Å². The highest BCUT2D eigenvalue weighted by Gasteiger charge is 2.13. The molecule has 0 spiro atoms. The number of halogens is 1. The molecule has 116 valence electrons. The van der Waals surface area contributed by atoms with E-state index in [1.807, 2.05) is 42.5 Å². The van der Waals surface area contributed by atoms with E-state index in [9.17, 15) is 4.79 Å². The summed E-state index contributed by atoms with van der Waals surface area (Å²) >= 11 is 4.97. The lowest BCUT2D eigenvalue weighted by molar-refractivity contribution is -0.119. The maximum absolute atomic E-state index is 12.2. The van der Waals surface area contributed by atoms with Crippen molar-refractivity contribution in [3.8, 4) is 0 Å². The van der Waals surface area contributed by atoms with Gasteiger partial charge in [0.15, 0.2) is 0 Å². The average molecular weight is 378 g/mol. The van der Waals surface area contributed by atoms with Gasteiger partial charge < -0.3 is 5.32 Å². The molecule has 0 aliphatic carbocycles. The van der Waals surface area contributed by atoms with Gasteiger partial charge in [-0.25, -0.2) is 0 Å². The summed E-state index contributed by atoms with van der Waals surface area (Å²) in [6, 6.07) is 18.3. The van der Waals surface area contributed by atoms with Gasteiger partial charge in [0.1, 0.15) is 0 Å². The molecule has 0 aliphatic rings. The third kappa shape index (κ3) is 5.50. The fourth-order valence-electron chi connectivity index (χ4n) is 2.21. The number of carbonyl (C=O) groups is 1. The minimum atomic E-state index is 0.0789. The van der Waals surface area contributed by atoms with Crippen LogP contribution >= 0.6 is 27.7 Å². The molecule has 1 amide bonds. The summed E-state index contributed by atoms with van der Waals surface area (Å²) in [5.74, 6) is 0.518. The zero-order chi connectivity index (χ0) is 15.8. The second-order valence-corrected chi connectivity index (χ2v) is 7.03. The Labute approximate surface area is 144 Å². The van der Waals surface area contributed by atoms with Crippen molar-refractivity contribution in [1.82, 2.24) is 5.32 Å². The van der Waals surface area contributed by atoms with Crippen molar-refractivity contribution in [3.05, 3.63) is 64.6 Å². The Morgan fingerprint density at radius 1 is 1.14 bits per heavy atom. The van der Waals surface area contributed by atoms with Crippen LogP contribution in [0.3, 0.4) is 0 Å². The first-order chi connectivity index (χ1) is 10.7. The van der Waals surface area contributed by atoms with E-state index in [0.717, 1.165) is 22.2 Å². The highest BCUT2D eigenvalue weighted by Crippen LogP contribution is 2.22. The summed E-state index contributed by atoms with van der Waals surface area (Å²) in [4.78, 5) is 13.3. The van der Waals surface area contributed by atoms with E-state index >= 15 is 0 Å². The third-order valence-electron chi connectivity index (χ3n) is 3.30. The summed E-state index contributed by atoms with van der Waals surface area (Å²) in [5, 5.41) is 3.15. The smallest absolute Gasteiger partial charge is 0.230 e. The predicted molar refractivity (Wildman–Crippen MR) is 97.1 cm³/mol. The molecule has 1 atom stereocenters. The van der Waals surface area contributed by atoms with Gasteiger partial charge in [0, 0.05) is 9.37 Å². The normalized spacial score (nSPS) is 11.9. The molecule has 0 saturated heterocycles. The number of benzene rings is 2. The van der Waals surface area contributed by atoms with Gasteiger partial charge in [-0.1, -0.05) is 59.6 Å². The Kier molecular flexibility index (Phi) is 7.00. The Bertz CT molecular complexity index is 586. The van der Waals surface area contributed by atoms with Gasteiger partial charge in [0.05, 0.1) is 11.8 Å². The van der Waals surface area contributed by atoms with Gasteiger partial charge >= 0.3 is 0 Å². The highest BCUT2D eigenvalue weighted by molar-refractivity contribution is 9.10. The lowest BCUT2D eigenvalue weighted by Gasteiger charge is -2.18. The molecule has 2 rings (SSSR count). The van der Waals surface area contributed by atoms with E-state index < -0.39 is 0 Å². The first-order valence-electron chi connectivity index (χ1n) is 7.41.